The van der Waals surface area contributed by atoms with E-state index in [4.69, 9.17) is 10.5 Å². The molecule has 4 N–H and O–H groups in total. The van der Waals surface area contributed by atoms with Gasteiger partial charge in [0.05, 0.1) is 36.3 Å². The van der Waals surface area contributed by atoms with Crippen molar-refractivity contribution in [1.82, 2.24) is 25.0 Å². The van der Waals surface area contributed by atoms with Crippen molar-refractivity contribution >= 4 is 28.1 Å². The quantitative estimate of drug-likeness (QED) is 0.385. The van der Waals surface area contributed by atoms with Gasteiger partial charge in [-0.15, -0.1) is 0 Å². The number of anilines is 1. The van der Waals surface area contributed by atoms with Crippen LogP contribution in [0.5, 0.6) is 0 Å². The first-order valence-corrected chi connectivity index (χ1v) is 13.0. The molecule has 9 heteroatoms. The fraction of sp³-hybridized carbons (Fsp3) is 0.393. The average molecular weight is 502 g/mol. The molecule has 2 fully saturated rings. The van der Waals surface area contributed by atoms with Gasteiger partial charge in [-0.3, -0.25) is 24.7 Å². The summed E-state index contributed by atoms with van der Waals surface area (Å²) in [5, 5.41) is 11.0. The number of aromatic nitrogens is 3. The maximum Gasteiger partial charge on any atom is 0.276 e. The number of nitrogens with two attached hydrogens (primary N) is 1. The summed E-state index contributed by atoms with van der Waals surface area (Å²) < 4.78 is 5.40. The van der Waals surface area contributed by atoms with E-state index in [1.165, 1.54) is 12.0 Å². The topological polar surface area (TPSA) is 112 Å². The Labute approximate surface area is 217 Å². The summed E-state index contributed by atoms with van der Waals surface area (Å²) >= 11 is 0. The Balaban J connectivity index is 1.30. The van der Waals surface area contributed by atoms with Crippen molar-refractivity contribution < 1.29 is 9.53 Å². The van der Waals surface area contributed by atoms with Gasteiger partial charge < -0.3 is 15.8 Å². The van der Waals surface area contributed by atoms with Gasteiger partial charge in [0.2, 0.25) is 0 Å². The number of ether oxygens (including phenoxy) is 1. The van der Waals surface area contributed by atoms with E-state index < -0.39 is 0 Å². The molecule has 5 rings (SSSR count). The molecule has 9 nitrogen and oxygen atoms in total. The second-order valence-corrected chi connectivity index (χ2v) is 9.61. The normalized spacial score (nSPS) is 17.6. The molecule has 0 saturated carbocycles. The number of morpholine rings is 1. The summed E-state index contributed by atoms with van der Waals surface area (Å²) in [5.41, 5.74) is 12.1. The maximum atomic E-state index is 13.1. The molecule has 37 heavy (non-hydrogen) atoms. The van der Waals surface area contributed by atoms with Crippen LogP contribution in [0, 0.1) is 0 Å². The van der Waals surface area contributed by atoms with E-state index in [9.17, 15) is 4.79 Å². The predicted octanol–water partition coefficient (Wildman–Crippen LogP) is 3.38. The van der Waals surface area contributed by atoms with Crippen molar-refractivity contribution in [2.45, 2.75) is 26.3 Å². The summed E-state index contributed by atoms with van der Waals surface area (Å²) in [7, 11) is 0. The third-order valence-electron chi connectivity index (χ3n) is 7.03. The minimum atomic E-state index is -0.270. The molecule has 1 amide bonds. The van der Waals surface area contributed by atoms with E-state index in [-0.39, 0.29) is 5.91 Å². The van der Waals surface area contributed by atoms with E-state index in [0.717, 1.165) is 86.6 Å². The molecule has 2 aromatic heterocycles. The van der Waals surface area contributed by atoms with Crippen LogP contribution >= 0.6 is 0 Å². The highest BCUT2D eigenvalue weighted by atomic mass is 16.5. The SMILES string of the molecule is CC/C(=C\C(=C/N)CN1CCC1)c1ccc2[nH]nc(C(=O)Nc3ccc(CN4CCOCC4)nc3)c2c1. The molecule has 0 spiro atoms. The molecule has 0 aliphatic carbocycles. The Bertz CT molecular complexity index is 1290. The number of likely N-dealkylation sites (tertiary alicyclic amines) is 1. The number of benzene rings is 1. The number of amides is 1. The molecule has 2 aliphatic rings. The first-order chi connectivity index (χ1) is 18.1. The second-order valence-electron chi connectivity index (χ2n) is 9.61. The van der Waals surface area contributed by atoms with Crippen LogP contribution in [0.2, 0.25) is 0 Å². The van der Waals surface area contributed by atoms with Crippen molar-refractivity contribution in [3.8, 4) is 0 Å². The molecule has 0 atom stereocenters. The Hall–Kier alpha value is -3.53. The number of H-pyrrole nitrogens is 1. The van der Waals surface area contributed by atoms with Crippen LogP contribution in [-0.2, 0) is 11.3 Å². The van der Waals surface area contributed by atoms with E-state index in [2.05, 4.69) is 49.4 Å². The number of carbonyl (C=O) groups is 1. The number of fused-ring (bicyclic) bond motifs is 1. The zero-order chi connectivity index (χ0) is 25.6. The smallest absolute Gasteiger partial charge is 0.276 e. The lowest BCUT2D eigenvalue weighted by Crippen LogP contribution is -2.38. The van der Waals surface area contributed by atoms with E-state index in [1.807, 2.05) is 24.3 Å². The summed E-state index contributed by atoms with van der Waals surface area (Å²) in [6, 6.07) is 9.91. The lowest BCUT2D eigenvalue weighted by Gasteiger charge is -2.31. The van der Waals surface area contributed by atoms with E-state index in [1.54, 1.807) is 12.4 Å². The average Bonchev–Trinajstić information content (AvgIpc) is 3.33. The lowest BCUT2D eigenvalue weighted by molar-refractivity contribution is 0.0336. The largest absolute Gasteiger partial charge is 0.404 e. The zero-order valence-corrected chi connectivity index (χ0v) is 21.4. The van der Waals surface area contributed by atoms with Crippen molar-refractivity contribution in [3.63, 3.8) is 0 Å². The molecule has 2 saturated heterocycles. The zero-order valence-electron chi connectivity index (χ0n) is 21.4. The summed E-state index contributed by atoms with van der Waals surface area (Å²) in [6.07, 6.45) is 7.67. The first kappa shape index (κ1) is 25.1. The Morgan fingerprint density at radius 3 is 2.68 bits per heavy atom. The first-order valence-electron chi connectivity index (χ1n) is 13.0. The molecule has 2 aliphatic heterocycles. The van der Waals surface area contributed by atoms with Gasteiger partial charge in [-0.1, -0.05) is 19.1 Å². The van der Waals surface area contributed by atoms with Gasteiger partial charge in [-0.25, -0.2) is 0 Å². The van der Waals surface area contributed by atoms with E-state index in [0.29, 0.717) is 11.4 Å². The van der Waals surface area contributed by atoms with Crippen molar-refractivity contribution in [2.75, 3.05) is 51.3 Å². The highest BCUT2D eigenvalue weighted by Crippen LogP contribution is 2.26. The third kappa shape index (κ3) is 6.07. The molecule has 0 bridgehead atoms. The van der Waals surface area contributed by atoms with Crippen LogP contribution in [-0.4, -0.2) is 76.8 Å². The molecule has 194 valence electrons. The van der Waals surface area contributed by atoms with Gasteiger partial charge in [-0.2, -0.15) is 5.10 Å². The summed E-state index contributed by atoms with van der Waals surface area (Å²) in [6.45, 7) is 9.34. The molecule has 0 unspecified atom stereocenters. The van der Waals surface area contributed by atoms with Crippen LogP contribution in [0.3, 0.4) is 0 Å². The van der Waals surface area contributed by atoms with Gasteiger partial charge in [0.25, 0.3) is 5.91 Å². The number of carbonyl (C=O) groups excluding carboxylic acids is 1. The molecule has 3 aromatic rings. The van der Waals surface area contributed by atoms with Crippen LogP contribution in [0.1, 0.15) is 41.5 Å². The second kappa shape index (κ2) is 11.7. The minimum absolute atomic E-state index is 0.270. The number of rotatable bonds is 9. The van der Waals surface area contributed by atoms with Crippen LogP contribution in [0.15, 0.2) is 54.4 Å². The van der Waals surface area contributed by atoms with Gasteiger partial charge in [0, 0.05) is 31.6 Å². The number of hydrogen-bond donors (Lipinski definition) is 3. The minimum Gasteiger partial charge on any atom is -0.404 e. The summed E-state index contributed by atoms with van der Waals surface area (Å²) in [5.74, 6) is -0.270. The van der Waals surface area contributed by atoms with Crippen LogP contribution in [0.25, 0.3) is 16.5 Å². The van der Waals surface area contributed by atoms with Crippen molar-refractivity contribution in [2.24, 2.45) is 5.73 Å². The van der Waals surface area contributed by atoms with Gasteiger partial charge in [0.15, 0.2) is 5.69 Å². The number of pyridine rings is 1. The number of allylic oxidation sites excluding steroid dienone is 1. The Morgan fingerprint density at radius 1 is 1.16 bits per heavy atom. The summed E-state index contributed by atoms with van der Waals surface area (Å²) in [4.78, 5) is 22.4. The highest BCUT2D eigenvalue weighted by Gasteiger charge is 2.18. The van der Waals surface area contributed by atoms with Gasteiger partial charge in [-0.05, 0) is 73.1 Å². The van der Waals surface area contributed by atoms with Gasteiger partial charge >= 0.3 is 0 Å². The molecule has 1 aromatic carbocycles. The third-order valence-corrected chi connectivity index (χ3v) is 7.03. The number of hydrogen-bond acceptors (Lipinski definition) is 7. The fourth-order valence-corrected chi connectivity index (χ4v) is 4.72. The molecule has 0 radical (unpaired) electrons. The van der Waals surface area contributed by atoms with Crippen LogP contribution in [0.4, 0.5) is 5.69 Å². The molecular weight excluding hydrogens is 466 g/mol. The number of nitrogens with zero attached hydrogens (tertiary/aromatic N) is 4. The predicted molar refractivity (Wildman–Crippen MR) is 146 cm³/mol. The Morgan fingerprint density at radius 2 is 2.00 bits per heavy atom. The highest BCUT2D eigenvalue weighted by molar-refractivity contribution is 6.11. The lowest BCUT2D eigenvalue weighted by atomic mass is 9.98. The van der Waals surface area contributed by atoms with Crippen molar-refractivity contribution in [3.05, 3.63) is 71.3 Å². The van der Waals surface area contributed by atoms with Crippen LogP contribution < -0.4 is 11.1 Å². The van der Waals surface area contributed by atoms with Crippen molar-refractivity contribution in [1.29, 1.82) is 0 Å². The number of nitrogens with one attached hydrogen (secondary N) is 2. The monoisotopic (exact) mass is 501 g/mol. The maximum absolute atomic E-state index is 13.1. The Kier molecular flexibility index (Phi) is 7.93. The van der Waals surface area contributed by atoms with E-state index >= 15 is 0 Å². The number of aromatic amines is 1. The molecule has 4 heterocycles. The molecular formula is C28H35N7O2. The fourth-order valence-electron chi connectivity index (χ4n) is 4.72. The standard InChI is InChI=1S/C28H35N7O2/c1-2-21(14-20(16-29)18-34-8-3-9-34)22-4-7-26-25(15-22)27(33-32-26)28(36)31-23-5-6-24(30-17-23)19-35-10-12-37-13-11-35/h4-7,14-17H,2-3,8-13,18-19,29H2,1H3,(H,31,36)(H,32,33)/b20-16+,21-14+. The van der Waals surface area contributed by atoms with Gasteiger partial charge in [0.1, 0.15) is 0 Å².